The van der Waals surface area contributed by atoms with Gasteiger partial charge in [-0.3, -0.25) is 14.5 Å². The molecule has 0 saturated heterocycles. The molecule has 0 aliphatic carbocycles. The number of carbonyl (C=O) groups excluding carboxylic acids is 3. The Morgan fingerprint density at radius 1 is 0.935 bits per heavy atom. The molecule has 0 aliphatic heterocycles. The van der Waals surface area contributed by atoms with Crippen molar-refractivity contribution in [1.29, 1.82) is 0 Å². The molecular formula is C25H27NO5. The largest absolute Gasteiger partial charge is 0.508 e. The zero-order valence-electron chi connectivity index (χ0n) is 18.2. The van der Waals surface area contributed by atoms with Gasteiger partial charge in [0.25, 0.3) is 0 Å². The van der Waals surface area contributed by atoms with Crippen molar-refractivity contribution in [2.24, 2.45) is 0 Å². The van der Waals surface area contributed by atoms with Crippen LogP contribution in [-0.4, -0.2) is 35.4 Å². The van der Waals surface area contributed by atoms with Gasteiger partial charge in [-0.15, -0.1) is 0 Å². The van der Waals surface area contributed by atoms with E-state index in [-0.39, 0.29) is 23.7 Å². The molecule has 0 radical (unpaired) electrons. The molecule has 0 aliphatic rings. The van der Waals surface area contributed by atoms with Crippen LogP contribution >= 0.6 is 0 Å². The SMILES string of the molecule is CN(C(=O)OC(C)(C)C)c1ccccc1C=CC(=O)CC(=O)C=Cc1ccc(O)cc1. The number of aromatic hydroxyl groups is 1. The van der Waals surface area contributed by atoms with E-state index in [1.54, 1.807) is 76.4 Å². The Hall–Kier alpha value is -3.67. The summed E-state index contributed by atoms with van der Waals surface area (Å²) >= 11 is 0. The van der Waals surface area contributed by atoms with E-state index in [1.807, 2.05) is 0 Å². The molecule has 0 aromatic heterocycles. The highest BCUT2D eigenvalue weighted by molar-refractivity contribution is 6.11. The summed E-state index contributed by atoms with van der Waals surface area (Å²) in [7, 11) is 1.60. The number of para-hydroxylation sites is 1. The van der Waals surface area contributed by atoms with Gasteiger partial charge < -0.3 is 9.84 Å². The average molecular weight is 421 g/mol. The molecule has 2 aromatic carbocycles. The van der Waals surface area contributed by atoms with Crippen LogP contribution in [0.2, 0.25) is 0 Å². The van der Waals surface area contributed by atoms with Crippen molar-refractivity contribution in [3.8, 4) is 5.75 Å². The summed E-state index contributed by atoms with van der Waals surface area (Å²) in [5.41, 5.74) is 1.35. The van der Waals surface area contributed by atoms with E-state index in [2.05, 4.69) is 0 Å². The summed E-state index contributed by atoms with van der Waals surface area (Å²) < 4.78 is 5.39. The first-order valence-corrected chi connectivity index (χ1v) is 9.82. The number of hydrogen-bond acceptors (Lipinski definition) is 5. The van der Waals surface area contributed by atoms with Crippen molar-refractivity contribution in [1.82, 2.24) is 0 Å². The third-order valence-electron chi connectivity index (χ3n) is 4.12. The molecule has 0 atom stereocenters. The minimum Gasteiger partial charge on any atom is -0.508 e. The topological polar surface area (TPSA) is 83.9 Å². The van der Waals surface area contributed by atoms with Crippen LogP contribution in [0.1, 0.15) is 38.3 Å². The molecular weight excluding hydrogens is 394 g/mol. The van der Waals surface area contributed by atoms with E-state index in [0.29, 0.717) is 11.3 Å². The number of phenolic OH excluding ortho intramolecular Hbond substituents is 1. The van der Waals surface area contributed by atoms with E-state index in [4.69, 9.17) is 4.74 Å². The highest BCUT2D eigenvalue weighted by Crippen LogP contribution is 2.23. The molecule has 6 heteroatoms. The van der Waals surface area contributed by atoms with E-state index >= 15 is 0 Å². The second-order valence-electron chi connectivity index (χ2n) is 7.97. The van der Waals surface area contributed by atoms with Crippen LogP contribution in [0.4, 0.5) is 10.5 Å². The van der Waals surface area contributed by atoms with Crippen LogP contribution in [0.15, 0.2) is 60.7 Å². The van der Waals surface area contributed by atoms with E-state index in [9.17, 15) is 19.5 Å². The highest BCUT2D eigenvalue weighted by Gasteiger charge is 2.21. The molecule has 162 valence electrons. The molecule has 0 fully saturated rings. The fourth-order valence-electron chi connectivity index (χ4n) is 2.61. The number of carbonyl (C=O) groups is 3. The number of rotatable bonds is 7. The van der Waals surface area contributed by atoms with Gasteiger partial charge in [0, 0.05) is 7.05 Å². The van der Waals surface area contributed by atoms with Gasteiger partial charge in [0.05, 0.1) is 12.1 Å². The van der Waals surface area contributed by atoms with Crippen LogP contribution < -0.4 is 4.90 Å². The van der Waals surface area contributed by atoms with Gasteiger partial charge in [0.1, 0.15) is 11.4 Å². The van der Waals surface area contributed by atoms with Gasteiger partial charge in [-0.2, -0.15) is 0 Å². The molecule has 1 N–H and O–H groups in total. The Balaban J connectivity index is 2.03. The maximum atomic E-state index is 12.3. The fraction of sp³-hybridized carbons (Fsp3) is 0.240. The van der Waals surface area contributed by atoms with Crippen LogP contribution in [0.5, 0.6) is 5.75 Å². The Bertz CT molecular complexity index is 997. The number of hydrogen-bond donors (Lipinski definition) is 1. The molecule has 2 aromatic rings. The molecule has 6 nitrogen and oxygen atoms in total. The number of phenols is 1. The summed E-state index contributed by atoms with van der Waals surface area (Å²) in [5.74, 6) is -0.543. The minimum atomic E-state index is -0.625. The maximum Gasteiger partial charge on any atom is 0.414 e. The molecule has 31 heavy (non-hydrogen) atoms. The normalized spacial score (nSPS) is 11.6. The van der Waals surface area contributed by atoms with E-state index < -0.39 is 11.7 Å². The van der Waals surface area contributed by atoms with Crippen LogP contribution in [-0.2, 0) is 14.3 Å². The second-order valence-corrected chi connectivity index (χ2v) is 7.97. The number of ketones is 2. The van der Waals surface area contributed by atoms with Gasteiger partial charge >= 0.3 is 6.09 Å². The maximum absolute atomic E-state index is 12.3. The van der Waals surface area contributed by atoms with Gasteiger partial charge in [0.2, 0.25) is 0 Å². The summed E-state index contributed by atoms with van der Waals surface area (Å²) in [6, 6.07) is 13.5. The average Bonchev–Trinajstić information content (AvgIpc) is 2.70. The standard InChI is InChI=1S/C25H27NO5/c1-25(2,3)31-24(30)26(4)23-8-6-5-7-19(23)12-16-22(29)17-21(28)15-11-18-9-13-20(27)14-10-18/h5-16,27H,17H2,1-4H3. The fourth-order valence-corrected chi connectivity index (χ4v) is 2.61. The molecule has 2 rings (SSSR count). The lowest BCUT2D eigenvalue weighted by Crippen LogP contribution is -2.34. The van der Waals surface area contributed by atoms with Crippen molar-refractivity contribution in [3.63, 3.8) is 0 Å². The first-order valence-electron chi connectivity index (χ1n) is 9.82. The monoisotopic (exact) mass is 421 g/mol. The van der Waals surface area contributed by atoms with E-state index in [0.717, 1.165) is 5.56 Å². The third kappa shape index (κ3) is 7.93. The quantitative estimate of drug-likeness (QED) is 0.501. The Morgan fingerprint density at radius 2 is 1.52 bits per heavy atom. The Morgan fingerprint density at radius 3 is 2.13 bits per heavy atom. The number of nitrogens with zero attached hydrogens (tertiary/aromatic N) is 1. The number of anilines is 1. The van der Waals surface area contributed by atoms with Crippen molar-refractivity contribution >= 4 is 35.5 Å². The first-order chi connectivity index (χ1) is 14.5. The zero-order valence-corrected chi connectivity index (χ0v) is 18.2. The van der Waals surface area contributed by atoms with Crippen molar-refractivity contribution in [2.75, 3.05) is 11.9 Å². The second kappa shape index (κ2) is 10.4. The molecule has 0 heterocycles. The number of amides is 1. The molecule has 0 bridgehead atoms. The zero-order chi connectivity index (χ0) is 23.0. The predicted molar refractivity (Wildman–Crippen MR) is 122 cm³/mol. The van der Waals surface area contributed by atoms with Crippen LogP contribution in [0, 0.1) is 0 Å². The smallest absolute Gasteiger partial charge is 0.414 e. The lowest BCUT2D eigenvalue weighted by atomic mass is 10.1. The third-order valence-corrected chi connectivity index (χ3v) is 4.12. The van der Waals surface area contributed by atoms with Gasteiger partial charge in [-0.05, 0) is 68.3 Å². The van der Waals surface area contributed by atoms with Gasteiger partial charge in [-0.1, -0.05) is 36.4 Å². The van der Waals surface area contributed by atoms with Crippen LogP contribution in [0.25, 0.3) is 12.2 Å². The highest BCUT2D eigenvalue weighted by atomic mass is 16.6. The Kier molecular flexibility index (Phi) is 7.91. The van der Waals surface area contributed by atoms with Crippen LogP contribution in [0.3, 0.4) is 0 Å². The summed E-state index contributed by atoms with van der Waals surface area (Å²) in [4.78, 5) is 38.0. The first kappa shape index (κ1) is 23.6. The van der Waals surface area contributed by atoms with Gasteiger partial charge in [-0.25, -0.2) is 4.79 Å². The number of benzene rings is 2. The predicted octanol–water partition coefficient (Wildman–Crippen LogP) is 5.02. The lowest BCUT2D eigenvalue weighted by molar-refractivity contribution is -0.121. The van der Waals surface area contributed by atoms with E-state index in [1.165, 1.54) is 29.2 Å². The number of ether oxygens (including phenoxy) is 1. The van der Waals surface area contributed by atoms with Gasteiger partial charge in [0.15, 0.2) is 11.6 Å². The summed E-state index contributed by atoms with van der Waals surface area (Å²) in [6.45, 7) is 5.36. The lowest BCUT2D eigenvalue weighted by Gasteiger charge is -2.25. The van der Waals surface area contributed by atoms with Crippen molar-refractivity contribution in [3.05, 3.63) is 71.8 Å². The Labute approximate surface area is 182 Å². The molecule has 0 unspecified atom stereocenters. The summed E-state index contributed by atoms with van der Waals surface area (Å²) in [5, 5.41) is 9.27. The minimum absolute atomic E-state index is 0.140. The molecule has 1 amide bonds. The molecule has 0 spiro atoms. The molecule has 0 saturated carbocycles. The van der Waals surface area contributed by atoms with Crippen molar-refractivity contribution < 1.29 is 24.2 Å². The summed E-state index contributed by atoms with van der Waals surface area (Å²) in [6.07, 6.45) is 5.06. The number of allylic oxidation sites excluding steroid dienone is 2. The van der Waals surface area contributed by atoms with Crippen molar-refractivity contribution in [2.45, 2.75) is 32.8 Å².